The molecule has 0 fully saturated rings. The summed E-state index contributed by atoms with van der Waals surface area (Å²) >= 11 is -1.18. The number of rotatable bonds is 1. The lowest BCUT2D eigenvalue weighted by Crippen LogP contribution is -2.26. The standard InChI is InChI=1S/C13H18N2OS.ClH/c1-9-7-10-5-6-12(11(10)8-14-9)15-17(16)13(2,3)4;/h7-8H,5-6H2,1-4H3;1H. The second-order valence-electron chi connectivity index (χ2n) is 5.38. The average molecular weight is 287 g/mol. The van der Waals surface area contributed by atoms with Gasteiger partial charge in [-0.2, -0.15) is 0 Å². The zero-order valence-electron chi connectivity index (χ0n) is 11.2. The number of nitrogens with zero attached hydrogens (tertiary/aromatic N) is 2. The largest absolute Gasteiger partial charge is 0.591 e. The highest BCUT2D eigenvalue weighted by Crippen LogP contribution is 2.25. The number of fused-ring (bicyclic) bond motifs is 1. The summed E-state index contributed by atoms with van der Waals surface area (Å²) in [6.45, 7) is 7.81. The van der Waals surface area contributed by atoms with Crippen LogP contribution in [0.25, 0.3) is 0 Å². The lowest BCUT2D eigenvalue weighted by molar-refractivity contribution is 0.561. The van der Waals surface area contributed by atoms with Crippen molar-refractivity contribution in [2.24, 2.45) is 4.40 Å². The van der Waals surface area contributed by atoms with E-state index in [2.05, 4.69) is 15.4 Å². The van der Waals surface area contributed by atoms with Gasteiger partial charge in [-0.25, -0.2) is 0 Å². The van der Waals surface area contributed by atoms with E-state index >= 15 is 0 Å². The minimum absolute atomic E-state index is 0. The fourth-order valence-electron chi connectivity index (χ4n) is 1.80. The molecule has 1 unspecified atom stereocenters. The number of aromatic nitrogens is 1. The van der Waals surface area contributed by atoms with E-state index < -0.39 is 11.4 Å². The van der Waals surface area contributed by atoms with E-state index in [4.69, 9.17) is 0 Å². The number of hydrogen-bond acceptors (Lipinski definition) is 3. The molecule has 0 saturated heterocycles. The van der Waals surface area contributed by atoms with Crippen molar-refractivity contribution in [3.05, 3.63) is 29.1 Å². The molecule has 0 saturated carbocycles. The second kappa shape index (κ2) is 5.59. The third kappa shape index (κ3) is 3.25. The summed E-state index contributed by atoms with van der Waals surface area (Å²) in [7, 11) is 0. The summed E-state index contributed by atoms with van der Waals surface area (Å²) in [6.07, 6.45) is 3.72. The van der Waals surface area contributed by atoms with Crippen LogP contribution in [0, 0.1) is 6.92 Å². The van der Waals surface area contributed by atoms with Crippen molar-refractivity contribution in [3.8, 4) is 0 Å². The number of hydrogen-bond donors (Lipinski definition) is 0. The van der Waals surface area contributed by atoms with Gasteiger partial charge in [0.15, 0.2) is 0 Å². The molecule has 1 aromatic rings. The fraction of sp³-hybridized carbons (Fsp3) is 0.538. The molecular weight excluding hydrogens is 268 g/mol. The molecule has 0 bridgehead atoms. The van der Waals surface area contributed by atoms with Gasteiger partial charge >= 0.3 is 0 Å². The minimum Gasteiger partial charge on any atom is -0.591 e. The molecule has 0 radical (unpaired) electrons. The van der Waals surface area contributed by atoms with Crippen molar-refractivity contribution in [1.29, 1.82) is 0 Å². The Morgan fingerprint density at radius 3 is 2.61 bits per heavy atom. The van der Waals surface area contributed by atoms with Gasteiger partial charge in [-0.3, -0.25) is 4.98 Å². The molecule has 5 heteroatoms. The van der Waals surface area contributed by atoms with Crippen LogP contribution in [-0.2, 0) is 17.8 Å². The van der Waals surface area contributed by atoms with Gasteiger partial charge in [0.25, 0.3) is 0 Å². The summed E-state index contributed by atoms with van der Waals surface area (Å²) in [6, 6.07) is 2.10. The molecule has 0 spiro atoms. The maximum atomic E-state index is 12.0. The van der Waals surface area contributed by atoms with E-state index in [9.17, 15) is 4.55 Å². The topological polar surface area (TPSA) is 48.3 Å². The molecule has 100 valence electrons. The van der Waals surface area contributed by atoms with E-state index in [1.807, 2.05) is 33.9 Å². The van der Waals surface area contributed by atoms with Gasteiger partial charge in [0.1, 0.15) is 21.8 Å². The minimum atomic E-state index is -1.18. The number of halogens is 1. The Bertz CT molecular complexity index is 469. The lowest BCUT2D eigenvalue weighted by Gasteiger charge is -2.18. The second-order valence-corrected chi connectivity index (χ2v) is 7.29. The average Bonchev–Trinajstić information content (AvgIpc) is 2.59. The zero-order chi connectivity index (χ0) is 12.6. The van der Waals surface area contributed by atoms with Crippen molar-refractivity contribution in [1.82, 2.24) is 4.98 Å². The van der Waals surface area contributed by atoms with E-state index in [-0.39, 0.29) is 17.2 Å². The normalized spacial score (nSPS) is 18.4. The van der Waals surface area contributed by atoms with Crippen molar-refractivity contribution < 1.29 is 4.55 Å². The van der Waals surface area contributed by atoms with E-state index in [1.165, 1.54) is 5.56 Å². The molecule has 1 aliphatic carbocycles. The Hall–Kier alpha value is -0.580. The first kappa shape index (κ1) is 15.5. The molecule has 1 aliphatic rings. The molecule has 1 atom stereocenters. The molecular formula is C13H19ClN2OS. The maximum Gasteiger partial charge on any atom is 0.144 e. The van der Waals surface area contributed by atoms with Crippen LogP contribution in [-0.4, -0.2) is 20.0 Å². The van der Waals surface area contributed by atoms with Crippen molar-refractivity contribution in [3.63, 3.8) is 0 Å². The SMILES string of the molecule is Cc1cc2c(cn1)C(=N[S+]([O-])C(C)(C)C)CC2.Cl. The summed E-state index contributed by atoms with van der Waals surface area (Å²) < 4.78 is 16.1. The highest BCUT2D eigenvalue weighted by atomic mass is 35.5. The molecule has 0 aromatic carbocycles. The summed E-state index contributed by atoms with van der Waals surface area (Å²) in [4.78, 5) is 4.29. The number of pyridine rings is 1. The monoisotopic (exact) mass is 286 g/mol. The van der Waals surface area contributed by atoms with Crippen molar-refractivity contribution in [2.45, 2.75) is 45.3 Å². The summed E-state index contributed by atoms with van der Waals surface area (Å²) in [5, 5.41) is 0. The van der Waals surface area contributed by atoms with Gasteiger partial charge in [-0.15, -0.1) is 12.4 Å². The van der Waals surface area contributed by atoms with Gasteiger partial charge in [-0.1, -0.05) is 4.40 Å². The van der Waals surface area contributed by atoms with Gasteiger partial charge in [0.05, 0.1) is 0 Å². The first-order valence-corrected chi connectivity index (χ1v) is 6.94. The Balaban J connectivity index is 0.00000162. The van der Waals surface area contributed by atoms with Crippen LogP contribution in [0.1, 0.15) is 44.0 Å². The molecule has 2 rings (SSSR count). The molecule has 1 aromatic heterocycles. The molecule has 1 heterocycles. The number of aryl methyl sites for hydroxylation is 2. The Morgan fingerprint density at radius 2 is 2.00 bits per heavy atom. The summed E-state index contributed by atoms with van der Waals surface area (Å²) in [5.74, 6) is 0. The third-order valence-electron chi connectivity index (χ3n) is 2.79. The van der Waals surface area contributed by atoms with Crippen LogP contribution in [0.5, 0.6) is 0 Å². The van der Waals surface area contributed by atoms with Crippen LogP contribution in [0.2, 0.25) is 0 Å². The Kier molecular flexibility index (Phi) is 4.81. The molecule has 18 heavy (non-hydrogen) atoms. The zero-order valence-corrected chi connectivity index (χ0v) is 12.8. The van der Waals surface area contributed by atoms with E-state index in [0.29, 0.717) is 0 Å². The maximum absolute atomic E-state index is 12.0. The quantitative estimate of drug-likeness (QED) is 0.745. The fourth-order valence-corrected chi connectivity index (χ4v) is 2.47. The van der Waals surface area contributed by atoms with Gasteiger partial charge in [0.2, 0.25) is 0 Å². The highest BCUT2D eigenvalue weighted by Gasteiger charge is 2.29. The highest BCUT2D eigenvalue weighted by molar-refractivity contribution is 7.91. The Morgan fingerprint density at radius 1 is 1.33 bits per heavy atom. The van der Waals surface area contributed by atoms with E-state index in [1.54, 1.807) is 0 Å². The van der Waals surface area contributed by atoms with Gasteiger partial charge in [0, 0.05) is 17.5 Å². The van der Waals surface area contributed by atoms with Crippen LogP contribution < -0.4 is 0 Å². The van der Waals surface area contributed by atoms with E-state index in [0.717, 1.165) is 29.8 Å². The predicted molar refractivity (Wildman–Crippen MR) is 79.0 cm³/mol. The summed E-state index contributed by atoms with van der Waals surface area (Å²) in [5.41, 5.74) is 4.33. The Labute approximate surface area is 118 Å². The molecule has 3 nitrogen and oxygen atoms in total. The molecule has 0 amide bonds. The van der Waals surface area contributed by atoms with Crippen LogP contribution in [0.4, 0.5) is 0 Å². The van der Waals surface area contributed by atoms with Crippen molar-refractivity contribution in [2.75, 3.05) is 0 Å². The molecule has 0 aliphatic heterocycles. The lowest BCUT2D eigenvalue weighted by atomic mass is 10.1. The third-order valence-corrected chi connectivity index (χ3v) is 4.22. The van der Waals surface area contributed by atoms with Gasteiger partial charge < -0.3 is 4.55 Å². The first-order chi connectivity index (χ1) is 7.88. The van der Waals surface area contributed by atoms with Crippen LogP contribution >= 0.6 is 12.4 Å². The van der Waals surface area contributed by atoms with Gasteiger partial charge in [-0.05, 0) is 52.2 Å². The first-order valence-electron chi connectivity index (χ1n) is 5.83. The predicted octanol–water partition coefficient (Wildman–Crippen LogP) is 3.01. The smallest absolute Gasteiger partial charge is 0.144 e. The van der Waals surface area contributed by atoms with Crippen molar-refractivity contribution >= 4 is 29.5 Å². The molecule has 0 N–H and O–H groups in total. The van der Waals surface area contributed by atoms with Crippen LogP contribution in [0.3, 0.4) is 0 Å². The van der Waals surface area contributed by atoms with Crippen LogP contribution in [0.15, 0.2) is 16.7 Å².